The van der Waals surface area contributed by atoms with Crippen molar-refractivity contribution in [3.05, 3.63) is 106 Å². The minimum atomic E-state index is -0.389. The smallest absolute Gasteiger partial charge is 0.315 e. The fourth-order valence-corrected chi connectivity index (χ4v) is 3.22. The molecule has 2 aromatic carbocycles. The fourth-order valence-electron chi connectivity index (χ4n) is 3.22. The normalized spacial score (nSPS) is 10.7. The SMILES string of the molecule is O=C(NCc1ccc(F)cc1)NCc1nn(Cc2cccnc2)c(=O)c2ccccc12. The minimum Gasteiger partial charge on any atom is -0.334 e. The van der Waals surface area contributed by atoms with Crippen LogP contribution in [0.1, 0.15) is 16.8 Å². The molecule has 0 atom stereocenters. The first-order valence-corrected chi connectivity index (χ1v) is 9.74. The molecule has 156 valence electrons. The third kappa shape index (κ3) is 4.92. The van der Waals surface area contributed by atoms with E-state index in [4.69, 9.17) is 0 Å². The van der Waals surface area contributed by atoms with Crippen LogP contribution in [-0.2, 0) is 19.6 Å². The van der Waals surface area contributed by atoms with Crippen LogP contribution in [0.25, 0.3) is 10.8 Å². The summed E-state index contributed by atoms with van der Waals surface area (Å²) in [5, 5.41) is 11.2. The summed E-state index contributed by atoms with van der Waals surface area (Å²) in [7, 11) is 0. The number of hydrogen-bond acceptors (Lipinski definition) is 4. The van der Waals surface area contributed by atoms with Gasteiger partial charge in [0.1, 0.15) is 5.82 Å². The fraction of sp³-hybridized carbons (Fsp3) is 0.130. The van der Waals surface area contributed by atoms with E-state index in [1.807, 2.05) is 18.2 Å². The number of urea groups is 1. The van der Waals surface area contributed by atoms with Crippen molar-refractivity contribution in [1.82, 2.24) is 25.4 Å². The summed E-state index contributed by atoms with van der Waals surface area (Å²) in [5.41, 5.74) is 2.01. The first kappa shape index (κ1) is 20.2. The number of halogens is 1. The van der Waals surface area contributed by atoms with E-state index >= 15 is 0 Å². The number of fused-ring (bicyclic) bond motifs is 1. The van der Waals surface area contributed by atoms with Crippen LogP contribution >= 0.6 is 0 Å². The number of hydrogen-bond donors (Lipinski definition) is 2. The Morgan fingerprint density at radius 1 is 0.903 bits per heavy atom. The molecule has 0 saturated heterocycles. The molecule has 0 aliphatic carbocycles. The molecule has 2 heterocycles. The van der Waals surface area contributed by atoms with Gasteiger partial charge in [0, 0.05) is 24.3 Å². The van der Waals surface area contributed by atoms with Crippen molar-refractivity contribution in [3.63, 3.8) is 0 Å². The van der Waals surface area contributed by atoms with Crippen LogP contribution in [0.2, 0.25) is 0 Å². The Morgan fingerprint density at radius 2 is 1.65 bits per heavy atom. The molecule has 0 fully saturated rings. The zero-order chi connectivity index (χ0) is 21.6. The monoisotopic (exact) mass is 417 g/mol. The molecule has 0 aliphatic heterocycles. The highest BCUT2D eigenvalue weighted by Gasteiger charge is 2.12. The van der Waals surface area contributed by atoms with Gasteiger partial charge in [-0.2, -0.15) is 5.10 Å². The van der Waals surface area contributed by atoms with E-state index < -0.39 is 0 Å². The molecule has 2 aromatic heterocycles. The average molecular weight is 417 g/mol. The number of pyridine rings is 1. The van der Waals surface area contributed by atoms with Crippen LogP contribution in [-0.4, -0.2) is 20.8 Å². The molecule has 0 spiro atoms. The Labute approximate surface area is 177 Å². The van der Waals surface area contributed by atoms with Crippen LogP contribution < -0.4 is 16.2 Å². The van der Waals surface area contributed by atoms with Gasteiger partial charge in [0.2, 0.25) is 0 Å². The molecular weight excluding hydrogens is 397 g/mol. The molecule has 31 heavy (non-hydrogen) atoms. The van der Waals surface area contributed by atoms with Crippen molar-refractivity contribution < 1.29 is 9.18 Å². The van der Waals surface area contributed by atoms with Gasteiger partial charge in [0.25, 0.3) is 5.56 Å². The van der Waals surface area contributed by atoms with Crippen LogP contribution in [0.5, 0.6) is 0 Å². The second-order valence-electron chi connectivity index (χ2n) is 6.98. The van der Waals surface area contributed by atoms with E-state index in [9.17, 15) is 14.0 Å². The third-order valence-corrected chi connectivity index (χ3v) is 4.78. The molecule has 0 radical (unpaired) electrons. The van der Waals surface area contributed by atoms with Gasteiger partial charge in [-0.15, -0.1) is 0 Å². The standard InChI is InChI=1S/C23H20FN5O2/c24-18-9-7-16(8-10-18)13-26-23(31)27-14-21-19-5-1-2-6-20(19)22(30)29(28-21)15-17-4-3-11-25-12-17/h1-12H,13-15H2,(H2,26,27,31). The number of amides is 2. The maximum atomic E-state index is 13.0. The van der Waals surface area contributed by atoms with Crippen LogP contribution in [0, 0.1) is 5.82 Å². The molecular formula is C23H20FN5O2. The lowest BCUT2D eigenvalue weighted by molar-refractivity contribution is 0.240. The van der Waals surface area contributed by atoms with Gasteiger partial charge >= 0.3 is 6.03 Å². The van der Waals surface area contributed by atoms with E-state index in [0.717, 1.165) is 11.1 Å². The molecule has 2 amide bonds. The third-order valence-electron chi connectivity index (χ3n) is 4.78. The lowest BCUT2D eigenvalue weighted by Crippen LogP contribution is -2.35. The van der Waals surface area contributed by atoms with Gasteiger partial charge < -0.3 is 10.6 Å². The van der Waals surface area contributed by atoms with E-state index in [0.29, 0.717) is 16.5 Å². The number of nitrogens with one attached hydrogen (secondary N) is 2. The highest BCUT2D eigenvalue weighted by Crippen LogP contribution is 2.13. The van der Waals surface area contributed by atoms with Gasteiger partial charge in [-0.05, 0) is 35.4 Å². The average Bonchev–Trinajstić information content (AvgIpc) is 2.80. The highest BCUT2D eigenvalue weighted by atomic mass is 19.1. The van der Waals surface area contributed by atoms with Gasteiger partial charge in [0.05, 0.1) is 24.2 Å². The van der Waals surface area contributed by atoms with Gasteiger partial charge in [0.15, 0.2) is 0 Å². The van der Waals surface area contributed by atoms with Crippen LogP contribution in [0.15, 0.2) is 77.9 Å². The van der Waals surface area contributed by atoms with E-state index in [-0.39, 0.29) is 37.0 Å². The quantitative estimate of drug-likeness (QED) is 0.505. The van der Waals surface area contributed by atoms with Crippen molar-refractivity contribution in [2.45, 2.75) is 19.6 Å². The Bertz CT molecular complexity index is 1260. The highest BCUT2D eigenvalue weighted by molar-refractivity contribution is 5.84. The van der Waals surface area contributed by atoms with E-state index in [2.05, 4.69) is 20.7 Å². The van der Waals surface area contributed by atoms with Crippen molar-refractivity contribution in [3.8, 4) is 0 Å². The van der Waals surface area contributed by atoms with Crippen molar-refractivity contribution in [2.24, 2.45) is 0 Å². The zero-order valence-corrected chi connectivity index (χ0v) is 16.6. The molecule has 0 saturated carbocycles. The summed E-state index contributed by atoms with van der Waals surface area (Å²) < 4.78 is 14.4. The molecule has 0 aliphatic rings. The van der Waals surface area contributed by atoms with Crippen molar-refractivity contribution in [2.75, 3.05) is 0 Å². The zero-order valence-electron chi connectivity index (χ0n) is 16.6. The second kappa shape index (κ2) is 9.17. The maximum Gasteiger partial charge on any atom is 0.315 e. The molecule has 2 N–H and O–H groups in total. The topological polar surface area (TPSA) is 88.9 Å². The summed E-state index contributed by atoms with van der Waals surface area (Å²) in [5.74, 6) is -0.326. The van der Waals surface area contributed by atoms with Crippen molar-refractivity contribution in [1.29, 1.82) is 0 Å². The lowest BCUT2D eigenvalue weighted by Gasteiger charge is -2.12. The Balaban J connectivity index is 1.51. The van der Waals surface area contributed by atoms with Gasteiger partial charge in [-0.25, -0.2) is 13.9 Å². The number of nitrogens with zero attached hydrogens (tertiary/aromatic N) is 3. The molecule has 4 aromatic rings. The maximum absolute atomic E-state index is 13.0. The largest absolute Gasteiger partial charge is 0.334 e. The van der Waals surface area contributed by atoms with Crippen LogP contribution in [0.3, 0.4) is 0 Å². The Hall–Kier alpha value is -4.07. The summed E-state index contributed by atoms with van der Waals surface area (Å²) in [6, 6.07) is 16.4. The van der Waals surface area contributed by atoms with Gasteiger partial charge in [-0.3, -0.25) is 9.78 Å². The van der Waals surface area contributed by atoms with Crippen LogP contribution in [0.4, 0.5) is 9.18 Å². The van der Waals surface area contributed by atoms with E-state index in [1.165, 1.54) is 16.8 Å². The molecule has 0 unspecified atom stereocenters. The van der Waals surface area contributed by atoms with Gasteiger partial charge in [-0.1, -0.05) is 36.4 Å². The minimum absolute atomic E-state index is 0.142. The molecule has 0 bridgehead atoms. The number of rotatable bonds is 6. The lowest BCUT2D eigenvalue weighted by atomic mass is 10.1. The summed E-state index contributed by atoms with van der Waals surface area (Å²) in [6.07, 6.45) is 3.35. The number of carbonyl (C=O) groups is 1. The molecule has 7 nitrogen and oxygen atoms in total. The predicted molar refractivity (Wildman–Crippen MR) is 115 cm³/mol. The molecule has 4 rings (SSSR count). The number of benzene rings is 2. The first-order chi connectivity index (χ1) is 15.1. The molecule has 8 heteroatoms. The predicted octanol–water partition coefficient (Wildman–Crippen LogP) is 2.98. The van der Waals surface area contributed by atoms with E-state index in [1.54, 1.807) is 42.7 Å². The van der Waals surface area contributed by atoms with Crippen molar-refractivity contribution >= 4 is 16.8 Å². The summed E-state index contributed by atoms with van der Waals surface area (Å²) in [6.45, 7) is 0.686. The second-order valence-corrected chi connectivity index (χ2v) is 6.98. The summed E-state index contributed by atoms with van der Waals surface area (Å²) in [4.78, 5) is 29.2. The first-order valence-electron chi connectivity index (χ1n) is 9.74. The number of aromatic nitrogens is 3. The Kier molecular flexibility index (Phi) is 5.98. The number of carbonyl (C=O) groups excluding carboxylic acids is 1. The summed E-state index contributed by atoms with van der Waals surface area (Å²) >= 11 is 0. The Morgan fingerprint density at radius 3 is 2.39 bits per heavy atom.